The van der Waals surface area contributed by atoms with Crippen LogP contribution < -0.4 is 4.90 Å². The number of cyclic esters (lactones) is 1. The minimum absolute atomic E-state index is 0.212. The molecule has 0 radical (unpaired) electrons. The van der Waals surface area contributed by atoms with Crippen LogP contribution in [0.5, 0.6) is 0 Å². The average Bonchev–Trinajstić information content (AvgIpc) is 3.04. The molecule has 2 heterocycles. The second-order valence-electron chi connectivity index (χ2n) is 6.48. The molecule has 6 heteroatoms. The average molecular weight is 363 g/mol. The van der Waals surface area contributed by atoms with E-state index in [2.05, 4.69) is 12.1 Å². The van der Waals surface area contributed by atoms with Crippen LogP contribution in [0.15, 0.2) is 24.3 Å². The minimum Gasteiger partial charge on any atom is -0.463 e. The van der Waals surface area contributed by atoms with Crippen molar-refractivity contribution in [3.63, 3.8) is 0 Å². The fraction of sp³-hybridized carbons (Fsp3) is 0.579. The zero-order valence-corrected chi connectivity index (χ0v) is 15.4. The molecule has 5 nitrogen and oxygen atoms in total. The molecule has 2 aliphatic heterocycles. The number of benzene rings is 1. The van der Waals surface area contributed by atoms with Crippen molar-refractivity contribution < 1.29 is 19.1 Å². The third kappa shape index (κ3) is 4.48. The van der Waals surface area contributed by atoms with E-state index in [-0.39, 0.29) is 6.54 Å². The first-order valence-electron chi connectivity index (χ1n) is 9.01. The molecule has 0 aliphatic carbocycles. The van der Waals surface area contributed by atoms with Crippen molar-refractivity contribution >= 4 is 29.5 Å². The van der Waals surface area contributed by atoms with Crippen molar-refractivity contribution in [3.8, 4) is 0 Å². The Labute approximate surface area is 153 Å². The number of nitrogens with zero attached hydrogens (tertiary/aromatic N) is 1. The molecule has 0 saturated carbocycles. The van der Waals surface area contributed by atoms with Gasteiger partial charge in [0.1, 0.15) is 0 Å². The van der Waals surface area contributed by atoms with Crippen LogP contribution in [-0.2, 0) is 14.3 Å². The Hall–Kier alpha value is -1.69. The molecule has 25 heavy (non-hydrogen) atoms. The molecule has 2 fully saturated rings. The topological polar surface area (TPSA) is 55.8 Å². The Kier molecular flexibility index (Phi) is 6.24. The number of ether oxygens (including phenoxy) is 2. The van der Waals surface area contributed by atoms with Crippen molar-refractivity contribution in [1.82, 2.24) is 0 Å². The maximum atomic E-state index is 12.1. The van der Waals surface area contributed by atoms with Gasteiger partial charge in [-0.25, -0.2) is 9.59 Å². The third-order valence-corrected chi connectivity index (χ3v) is 5.76. The first-order valence-corrected chi connectivity index (χ1v) is 10.2. The number of rotatable bonds is 6. The third-order valence-electron chi connectivity index (χ3n) is 4.71. The monoisotopic (exact) mass is 363 g/mol. The van der Waals surface area contributed by atoms with Gasteiger partial charge >= 0.3 is 12.1 Å². The van der Waals surface area contributed by atoms with Gasteiger partial charge in [-0.15, -0.1) is 0 Å². The highest BCUT2D eigenvalue weighted by Crippen LogP contribution is 2.33. The van der Waals surface area contributed by atoms with E-state index in [0.717, 1.165) is 18.5 Å². The lowest BCUT2D eigenvalue weighted by molar-refractivity contribution is -0.151. The molecule has 1 unspecified atom stereocenters. The summed E-state index contributed by atoms with van der Waals surface area (Å²) in [7, 11) is 0. The molecule has 2 saturated heterocycles. The van der Waals surface area contributed by atoms with E-state index in [0.29, 0.717) is 12.5 Å². The zero-order chi connectivity index (χ0) is 17.6. The summed E-state index contributed by atoms with van der Waals surface area (Å²) in [6.07, 6.45) is 2.87. The summed E-state index contributed by atoms with van der Waals surface area (Å²) in [5.74, 6) is 2.59. The summed E-state index contributed by atoms with van der Waals surface area (Å²) in [5, 5.41) is 0. The smallest absolute Gasteiger partial charge is 0.415 e. The van der Waals surface area contributed by atoms with Gasteiger partial charge in [-0.3, -0.25) is 4.90 Å². The number of amides is 1. The number of hydrogen-bond acceptors (Lipinski definition) is 5. The van der Waals surface area contributed by atoms with Crippen molar-refractivity contribution in [2.45, 2.75) is 44.6 Å². The molecule has 0 bridgehead atoms. The summed E-state index contributed by atoms with van der Waals surface area (Å²) in [5.41, 5.74) is 2.09. The largest absolute Gasteiger partial charge is 0.463 e. The molecule has 1 aromatic rings. The molecule has 136 valence electrons. The summed E-state index contributed by atoms with van der Waals surface area (Å²) >= 11 is 2.01. The molecule has 0 spiro atoms. The molecular formula is C19H25NO4S. The van der Waals surface area contributed by atoms with Crippen molar-refractivity contribution in [2.75, 3.05) is 29.6 Å². The second-order valence-corrected chi connectivity index (χ2v) is 7.71. The summed E-state index contributed by atoms with van der Waals surface area (Å²) in [6.45, 7) is 2.61. The number of carbonyl (C=O) groups excluding carboxylic acids is 2. The van der Waals surface area contributed by atoms with E-state index in [1.807, 2.05) is 30.8 Å². The summed E-state index contributed by atoms with van der Waals surface area (Å²) in [4.78, 5) is 25.6. The van der Waals surface area contributed by atoms with E-state index in [9.17, 15) is 9.59 Å². The maximum absolute atomic E-state index is 12.1. The molecule has 0 aromatic heterocycles. The van der Waals surface area contributed by atoms with Gasteiger partial charge in [0, 0.05) is 5.69 Å². The molecule has 0 N–H and O–H groups in total. The van der Waals surface area contributed by atoms with Gasteiger partial charge in [-0.2, -0.15) is 11.8 Å². The van der Waals surface area contributed by atoms with Gasteiger partial charge in [0.05, 0.1) is 13.2 Å². The number of anilines is 1. The zero-order valence-electron chi connectivity index (χ0n) is 14.6. The first kappa shape index (κ1) is 18.1. The van der Waals surface area contributed by atoms with Crippen molar-refractivity contribution in [1.29, 1.82) is 0 Å². The molecule has 1 aromatic carbocycles. The van der Waals surface area contributed by atoms with Gasteiger partial charge < -0.3 is 9.47 Å². The van der Waals surface area contributed by atoms with E-state index >= 15 is 0 Å². The van der Waals surface area contributed by atoms with Crippen LogP contribution in [-0.4, -0.2) is 42.8 Å². The Morgan fingerprint density at radius 3 is 2.68 bits per heavy atom. The highest BCUT2D eigenvalue weighted by Gasteiger charge is 2.38. The summed E-state index contributed by atoms with van der Waals surface area (Å²) < 4.78 is 10.3. The number of esters is 1. The lowest BCUT2D eigenvalue weighted by atomic mass is 9.93. The maximum Gasteiger partial charge on any atom is 0.415 e. The fourth-order valence-electron chi connectivity index (χ4n) is 3.16. The van der Waals surface area contributed by atoms with Crippen LogP contribution in [0.4, 0.5) is 10.5 Å². The Bertz CT molecular complexity index is 598. The van der Waals surface area contributed by atoms with Gasteiger partial charge in [-0.05, 0) is 54.4 Å². The van der Waals surface area contributed by atoms with Crippen LogP contribution in [0.2, 0.25) is 0 Å². The van der Waals surface area contributed by atoms with Crippen LogP contribution in [0, 0.1) is 0 Å². The van der Waals surface area contributed by atoms with Gasteiger partial charge in [0.25, 0.3) is 0 Å². The Morgan fingerprint density at radius 1 is 1.28 bits per heavy atom. The Morgan fingerprint density at radius 2 is 2.00 bits per heavy atom. The van der Waals surface area contributed by atoms with E-state index in [1.165, 1.54) is 34.8 Å². The molecule has 2 aliphatic rings. The normalized spacial score (nSPS) is 21.2. The van der Waals surface area contributed by atoms with E-state index in [4.69, 9.17) is 9.47 Å². The summed E-state index contributed by atoms with van der Waals surface area (Å²) in [6, 6.07) is 8.08. The number of thioether (sulfide) groups is 1. The quantitative estimate of drug-likeness (QED) is 0.565. The van der Waals surface area contributed by atoms with E-state index in [1.54, 1.807) is 0 Å². The molecule has 1 amide bonds. The van der Waals surface area contributed by atoms with Crippen molar-refractivity contribution in [2.24, 2.45) is 0 Å². The number of unbranched alkanes of at least 4 members (excludes halogenated alkanes) is 1. The van der Waals surface area contributed by atoms with Crippen LogP contribution >= 0.6 is 11.8 Å². The highest BCUT2D eigenvalue weighted by molar-refractivity contribution is 7.99. The van der Waals surface area contributed by atoms with E-state index < -0.39 is 18.2 Å². The molecule has 3 rings (SSSR count). The van der Waals surface area contributed by atoms with Crippen LogP contribution in [0.1, 0.15) is 44.1 Å². The number of carbonyl (C=O) groups is 2. The lowest BCUT2D eigenvalue weighted by Gasteiger charge is -2.22. The predicted octanol–water partition coefficient (Wildman–Crippen LogP) is 3.97. The lowest BCUT2D eigenvalue weighted by Crippen LogP contribution is -2.29. The van der Waals surface area contributed by atoms with Gasteiger partial charge in [-0.1, -0.05) is 25.5 Å². The Balaban J connectivity index is 1.59. The number of hydrogen-bond donors (Lipinski definition) is 0. The minimum atomic E-state index is -0.834. The van der Waals surface area contributed by atoms with Crippen LogP contribution in [0.3, 0.4) is 0 Å². The standard InChI is InChI=1S/C19H25NO4S/c1-2-3-10-23-18(21)17-13-20(19(22)24-17)16-6-4-14(5-7-16)15-8-11-25-12-9-15/h4-7,15,17H,2-3,8-13H2,1H3. The molecular weight excluding hydrogens is 338 g/mol. The second kappa shape index (κ2) is 8.61. The first-order chi connectivity index (χ1) is 12.2. The van der Waals surface area contributed by atoms with Crippen LogP contribution in [0.25, 0.3) is 0 Å². The van der Waals surface area contributed by atoms with Gasteiger partial charge in [0.15, 0.2) is 0 Å². The molecule has 1 atom stereocenters. The predicted molar refractivity (Wildman–Crippen MR) is 99.2 cm³/mol. The SMILES string of the molecule is CCCCOC(=O)C1CN(c2ccc(C3CCSCC3)cc2)C(=O)O1. The highest BCUT2D eigenvalue weighted by atomic mass is 32.2. The van der Waals surface area contributed by atoms with Crippen molar-refractivity contribution in [3.05, 3.63) is 29.8 Å². The fourth-order valence-corrected chi connectivity index (χ4v) is 4.27. The van der Waals surface area contributed by atoms with Gasteiger partial charge in [0.2, 0.25) is 6.10 Å².